The second-order valence-corrected chi connectivity index (χ2v) is 7.56. The van der Waals surface area contributed by atoms with Gasteiger partial charge in [-0.15, -0.1) is 0 Å². The van der Waals surface area contributed by atoms with Gasteiger partial charge in [-0.25, -0.2) is 0 Å². The first-order chi connectivity index (χ1) is 13.2. The van der Waals surface area contributed by atoms with Crippen molar-refractivity contribution < 1.29 is 9.59 Å². The van der Waals surface area contributed by atoms with Gasteiger partial charge in [0.1, 0.15) is 6.04 Å². The number of nitrogens with zero attached hydrogens (tertiary/aromatic N) is 1. The molecule has 0 saturated heterocycles. The lowest BCUT2D eigenvalue weighted by molar-refractivity contribution is -0.130. The minimum absolute atomic E-state index is 0.0139. The molecule has 140 valence electrons. The Hall–Kier alpha value is -2.62. The summed E-state index contributed by atoms with van der Waals surface area (Å²) in [6.45, 7) is 0.693. The van der Waals surface area contributed by atoms with Gasteiger partial charge in [0, 0.05) is 18.2 Å². The van der Waals surface area contributed by atoms with Crippen molar-refractivity contribution in [2.24, 2.45) is 5.92 Å². The fraction of sp³-hybridized carbons (Fsp3) is 0.391. The van der Waals surface area contributed by atoms with E-state index in [1.807, 2.05) is 53.4 Å². The molecule has 2 aliphatic rings. The monoisotopic (exact) mass is 362 g/mol. The number of carbonyl (C=O) groups is 2. The number of nitrogens with one attached hydrogen (secondary N) is 1. The molecule has 1 atom stereocenters. The van der Waals surface area contributed by atoms with Crippen molar-refractivity contribution in [2.75, 3.05) is 11.4 Å². The Morgan fingerprint density at radius 2 is 1.63 bits per heavy atom. The summed E-state index contributed by atoms with van der Waals surface area (Å²) in [5.41, 5.74) is 3.02. The first-order valence-electron chi connectivity index (χ1n) is 9.98. The van der Waals surface area contributed by atoms with Crippen LogP contribution in [0.2, 0.25) is 0 Å². The van der Waals surface area contributed by atoms with Crippen LogP contribution in [0, 0.1) is 5.92 Å². The van der Waals surface area contributed by atoms with Crippen LogP contribution in [0.1, 0.15) is 49.3 Å². The summed E-state index contributed by atoms with van der Waals surface area (Å²) in [6.07, 6.45) is 5.98. The van der Waals surface area contributed by atoms with E-state index in [1.165, 1.54) is 5.56 Å². The predicted octanol–water partition coefficient (Wildman–Crippen LogP) is 4.01. The van der Waals surface area contributed by atoms with E-state index in [4.69, 9.17) is 0 Å². The third-order valence-electron chi connectivity index (χ3n) is 5.77. The lowest BCUT2D eigenvalue weighted by Crippen LogP contribution is -2.46. The van der Waals surface area contributed by atoms with Crippen molar-refractivity contribution >= 4 is 17.5 Å². The Labute approximate surface area is 160 Å². The zero-order chi connectivity index (χ0) is 18.6. The van der Waals surface area contributed by atoms with E-state index in [-0.39, 0.29) is 17.7 Å². The van der Waals surface area contributed by atoms with E-state index in [9.17, 15) is 9.59 Å². The Balaban J connectivity index is 1.62. The fourth-order valence-electron chi connectivity index (χ4n) is 4.30. The molecule has 4 rings (SSSR count). The first kappa shape index (κ1) is 17.8. The molecule has 1 fully saturated rings. The summed E-state index contributed by atoms with van der Waals surface area (Å²) in [5.74, 6) is 0.0114. The van der Waals surface area contributed by atoms with Crippen LogP contribution < -0.4 is 10.2 Å². The highest BCUT2D eigenvalue weighted by Crippen LogP contribution is 2.30. The topological polar surface area (TPSA) is 49.4 Å². The standard InChI is InChI=1S/C23H26N2O2/c26-22(19-12-4-5-13-19)24-21(18-10-2-1-3-11-18)23(27)25-16-8-14-17-9-6-7-15-20(17)25/h1-3,6-7,9-11,15,19,21H,4-5,8,12-14,16H2,(H,24,26). The quantitative estimate of drug-likeness (QED) is 0.893. The number of carbonyl (C=O) groups excluding carboxylic acids is 2. The fourth-order valence-corrected chi connectivity index (χ4v) is 4.30. The van der Waals surface area contributed by atoms with Gasteiger partial charge in [0.05, 0.1) is 0 Å². The normalized spacial score (nSPS) is 18.0. The molecule has 27 heavy (non-hydrogen) atoms. The van der Waals surface area contributed by atoms with Gasteiger partial charge in [0.15, 0.2) is 0 Å². The van der Waals surface area contributed by atoms with Crippen molar-refractivity contribution in [2.45, 2.75) is 44.6 Å². The molecule has 1 unspecified atom stereocenters. The molecule has 0 aromatic heterocycles. The van der Waals surface area contributed by atoms with Gasteiger partial charge in [0.2, 0.25) is 5.91 Å². The maximum atomic E-state index is 13.5. The largest absolute Gasteiger partial charge is 0.340 e. The predicted molar refractivity (Wildman–Crippen MR) is 106 cm³/mol. The van der Waals surface area contributed by atoms with E-state index < -0.39 is 6.04 Å². The Kier molecular flexibility index (Phi) is 5.23. The Morgan fingerprint density at radius 3 is 2.41 bits per heavy atom. The van der Waals surface area contributed by atoms with Gasteiger partial charge in [-0.2, -0.15) is 0 Å². The second-order valence-electron chi connectivity index (χ2n) is 7.56. The number of amides is 2. The van der Waals surface area contributed by atoms with E-state index in [0.29, 0.717) is 6.54 Å². The molecule has 0 spiro atoms. The van der Waals surface area contributed by atoms with Gasteiger partial charge in [-0.3, -0.25) is 9.59 Å². The second kappa shape index (κ2) is 7.95. The van der Waals surface area contributed by atoms with E-state index in [2.05, 4.69) is 11.4 Å². The lowest BCUT2D eigenvalue weighted by atomic mass is 9.98. The molecule has 2 amide bonds. The maximum Gasteiger partial charge on any atom is 0.254 e. The van der Waals surface area contributed by atoms with Gasteiger partial charge >= 0.3 is 0 Å². The Morgan fingerprint density at radius 1 is 0.926 bits per heavy atom. The van der Waals surface area contributed by atoms with Gasteiger partial charge in [-0.05, 0) is 42.9 Å². The van der Waals surface area contributed by atoms with Crippen LogP contribution in [0.15, 0.2) is 54.6 Å². The number of fused-ring (bicyclic) bond motifs is 1. The average Bonchev–Trinajstić information content (AvgIpc) is 3.27. The highest BCUT2D eigenvalue weighted by molar-refractivity contribution is 6.00. The number of benzene rings is 2. The van der Waals surface area contributed by atoms with Crippen LogP contribution in [-0.2, 0) is 16.0 Å². The molecule has 4 nitrogen and oxygen atoms in total. The van der Waals surface area contributed by atoms with E-state index in [0.717, 1.165) is 49.8 Å². The zero-order valence-electron chi connectivity index (χ0n) is 15.6. The maximum absolute atomic E-state index is 13.5. The molecule has 4 heteroatoms. The molecule has 1 aliphatic carbocycles. The van der Waals surface area contributed by atoms with Crippen molar-refractivity contribution in [3.8, 4) is 0 Å². The van der Waals surface area contributed by atoms with Gasteiger partial charge in [-0.1, -0.05) is 61.4 Å². The summed E-state index contributed by atoms with van der Waals surface area (Å²) in [4.78, 5) is 28.2. The molecule has 1 saturated carbocycles. The van der Waals surface area contributed by atoms with Gasteiger partial charge < -0.3 is 10.2 Å². The van der Waals surface area contributed by atoms with Crippen LogP contribution in [0.5, 0.6) is 0 Å². The number of para-hydroxylation sites is 1. The number of hydrogen-bond donors (Lipinski definition) is 1. The van der Waals surface area contributed by atoms with Gasteiger partial charge in [0.25, 0.3) is 5.91 Å². The van der Waals surface area contributed by atoms with Crippen LogP contribution in [0.3, 0.4) is 0 Å². The van der Waals surface area contributed by atoms with Crippen molar-refractivity contribution in [3.63, 3.8) is 0 Å². The van der Waals surface area contributed by atoms with Crippen LogP contribution in [0.25, 0.3) is 0 Å². The van der Waals surface area contributed by atoms with E-state index >= 15 is 0 Å². The third-order valence-corrected chi connectivity index (χ3v) is 5.77. The smallest absolute Gasteiger partial charge is 0.254 e. The molecule has 2 aromatic rings. The molecule has 2 aromatic carbocycles. The number of rotatable bonds is 4. The van der Waals surface area contributed by atoms with Crippen molar-refractivity contribution in [1.29, 1.82) is 0 Å². The molecular weight excluding hydrogens is 336 g/mol. The van der Waals surface area contributed by atoms with Crippen LogP contribution >= 0.6 is 0 Å². The number of hydrogen-bond acceptors (Lipinski definition) is 2. The highest BCUT2D eigenvalue weighted by atomic mass is 16.2. The van der Waals surface area contributed by atoms with Crippen LogP contribution in [0.4, 0.5) is 5.69 Å². The molecule has 0 bridgehead atoms. The summed E-state index contributed by atoms with van der Waals surface area (Å²) in [7, 11) is 0. The summed E-state index contributed by atoms with van der Waals surface area (Å²) >= 11 is 0. The van der Waals surface area contributed by atoms with E-state index in [1.54, 1.807) is 0 Å². The first-order valence-corrected chi connectivity index (χ1v) is 9.98. The molecule has 1 N–H and O–H groups in total. The lowest BCUT2D eigenvalue weighted by Gasteiger charge is -2.33. The summed E-state index contributed by atoms with van der Waals surface area (Å²) in [6, 6.07) is 17.1. The number of aryl methyl sites for hydroxylation is 1. The third kappa shape index (κ3) is 3.75. The SMILES string of the molecule is O=C(NC(C(=O)N1CCCc2ccccc21)c1ccccc1)C1CCCC1. The number of anilines is 1. The van der Waals surface area contributed by atoms with Crippen molar-refractivity contribution in [1.82, 2.24) is 5.32 Å². The minimum Gasteiger partial charge on any atom is -0.340 e. The van der Waals surface area contributed by atoms with Crippen molar-refractivity contribution in [3.05, 3.63) is 65.7 Å². The average molecular weight is 362 g/mol. The Bertz CT molecular complexity index is 812. The molecule has 1 aliphatic heterocycles. The van der Waals surface area contributed by atoms with Crippen LogP contribution in [-0.4, -0.2) is 18.4 Å². The molecule has 1 heterocycles. The molecule has 0 radical (unpaired) electrons. The summed E-state index contributed by atoms with van der Waals surface area (Å²) < 4.78 is 0. The minimum atomic E-state index is -0.634. The molecular formula is C23H26N2O2. The highest BCUT2D eigenvalue weighted by Gasteiger charge is 2.33. The zero-order valence-corrected chi connectivity index (χ0v) is 15.6. The summed E-state index contributed by atoms with van der Waals surface area (Å²) in [5, 5.41) is 3.07.